The second kappa shape index (κ2) is 5.98. The Kier molecular flexibility index (Phi) is 4.44. The maximum Gasteiger partial charge on any atom is 0.410 e. The van der Waals surface area contributed by atoms with Crippen LogP contribution in [0, 0.1) is 5.92 Å². The van der Waals surface area contributed by atoms with E-state index in [0.29, 0.717) is 13.1 Å². The summed E-state index contributed by atoms with van der Waals surface area (Å²) in [4.78, 5) is 29.3. The molecule has 1 saturated heterocycles. The number of carbonyl (C=O) groups is 2. The van der Waals surface area contributed by atoms with Crippen LogP contribution in [0.2, 0.25) is 0 Å². The minimum atomic E-state index is -0.903. The zero-order valence-electron chi connectivity index (χ0n) is 13.4. The van der Waals surface area contributed by atoms with Gasteiger partial charge in [0.15, 0.2) is 0 Å². The molecule has 0 saturated carbocycles. The lowest BCUT2D eigenvalue weighted by Gasteiger charge is -2.24. The van der Waals surface area contributed by atoms with Crippen molar-refractivity contribution in [3.8, 4) is 0 Å². The van der Waals surface area contributed by atoms with Gasteiger partial charge >= 0.3 is 12.1 Å². The molecule has 1 aliphatic rings. The van der Waals surface area contributed by atoms with Crippen LogP contribution in [0.4, 0.5) is 4.79 Å². The second-order valence-electron chi connectivity index (χ2n) is 6.54. The van der Waals surface area contributed by atoms with Crippen LogP contribution in [0.5, 0.6) is 0 Å². The molecule has 1 aromatic heterocycles. The highest BCUT2D eigenvalue weighted by Gasteiger charge is 2.43. The first-order chi connectivity index (χ1) is 10.2. The van der Waals surface area contributed by atoms with Crippen molar-refractivity contribution in [2.24, 2.45) is 5.92 Å². The number of aromatic nitrogens is 2. The van der Waals surface area contributed by atoms with Crippen molar-refractivity contribution in [2.45, 2.75) is 45.8 Å². The quantitative estimate of drug-likeness (QED) is 0.922. The van der Waals surface area contributed by atoms with Gasteiger partial charge in [-0.1, -0.05) is 0 Å². The number of nitrogens with zero attached hydrogens (tertiary/aromatic N) is 3. The first-order valence-corrected chi connectivity index (χ1v) is 7.43. The van der Waals surface area contributed by atoms with Crippen LogP contribution in [0.15, 0.2) is 12.5 Å². The molecule has 0 bridgehead atoms. The van der Waals surface area contributed by atoms with Gasteiger partial charge < -0.3 is 19.3 Å². The molecule has 2 rings (SSSR count). The zero-order valence-corrected chi connectivity index (χ0v) is 13.4. The fraction of sp³-hybridized carbons (Fsp3) is 0.667. The molecule has 2 atom stereocenters. The molecule has 1 amide bonds. The highest BCUT2D eigenvalue weighted by molar-refractivity contribution is 5.75. The Morgan fingerprint density at radius 1 is 1.41 bits per heavy atom. The molecule has 0 radical (unpaired) electrons. The predicted octanol–water partition coefficient (Wildman–Crippen LogP) is 1.94. The molecular formula is C15H23N3O4. The molecule has 2 heterocycles. The highest BCUT2D eigenvalue weighted by Crippen LogP contribution is 2.33. The Morgan fingerprint density at radius 2 is 2.09 bits per heavy atom. The SMILES string of the molecule is CCn1cncc1C1CN(C(=O)OC(C)(C)C)CC1C(=O)O. The lowest BCUT2D eigenvalue weighted by molar-refractivity contribution is -0.141. The number of ether oxygens (including phenoxy) is 1. The number of imidazole rings is 1. The molecule has 1 N–H and O–H groups in total. The van der Waals surface area contributed by atoms with Gasteiger partial charge in [0.05, 0.1) is 12.2 Å². The number of amides is 1. The number of likely N-dealkylation sites (tertiary alicyclic amines) is 1. The summed E-state index contributed by atoms with van der Waals surface area (Å²) in [5.74, 6) is -1.82. The van der Waals surface area contributed by atoms with Crippen molar-refractivity contribution in [1.29, 1.82) is 0 Å². The van der Waals surface area contributed by atoms with E-state index in [1.54, 1.807) is 33.3 Å². The van der Waals surface area contributed by atoms with Crippen molar-refractivity contribution in [3.05, 3.63) is 18.2 Å². The third kappa shape index (κ3) is 3.40. The summed E-state index contributed by atoms with van der Waals surface area (Å²) in [6.45, 7) is 8.55. The average Bonchev–Trinajstić information content (AvgIpc) is 3.02. The lowest BCUT2D eigenvalue weighted by atomic mass is 9.93. The Bertz CT molecular complexity index is 561. The Morgan fingerprint density at radius 3 is 2.64 bits per heavy atom. The summed E-state index contributed by atoms with van der Waals surface area (Å²) in [5.41, 5.74) is 0.250. The van der Waals surface area contributed by atoms with Gasteiger partial charge in [-0.3, -0.25) is 4.79 Å². The largest absolute Gasteiger partial charge is 0.481 e. The van der Waals surface area contributed by atoms with Gasteiger partial charge in [0.2, 0.25) is 0 Å². The molecule has 1 aromatic rings. The number of carboxylic acids is 1. The van der Waals surface area contributed by atoms with E-state index < -0.39 is 23.6 Å². The highest BCUT2D eigenvalue weighted by atomic mass is 16.6. The topological polar surface area (TPSA) is 84.7 Å². The van der Waals surface area contributed by atoms with Gasteiger partial charge in [-0.05, 0) is 27.7 Å². The molecule has 0 aromatic carbocycles. The van der Waals surface area contributed by atoms with Crippen LogP contribution in [0.25, 0.3) is 0 Å². The number of hydrogen-bond donors (Lipinski definition) is 1. The van der Waals surface area contributed by atoms with E-state index in [4.69, 9.17) is 4.74 Å². The third-order valence-corrected chi connectivity index (χ3v) is 3.75. The van der Waals surface area contributed by atoms with Crippen molar-refractivity contribution >= 4 is 12.1 Å². The summed E-state index contributed by atoms with van der Waals surface area (Å²) in [6.07, 6.45) is 2.90. The van der Waals surface area contributed by atoms with Gasteiger partial charge in [-0.15, -0.1) is 0 Å². The van der Waals surface area contributed by atoms with Gasteiger partial charge in [0.1, 0.15) is 5.60 Å². The summed E-state index contributed by atoms with van der Waals surface area (Å²) in [6, 6.07) is 0. The van der Waals surface area contributed by atoms with Gasteiger partial charge in [0, 0.05) is 37.4 Å². The lowest BCUT2D eigenvalue weighted by Crippen LogP contribution is -2.35. The van der Waals surface area contributed by atoms with Crippen molar-refractivity contribution in [2.75, 3.05) is 13.1 Å². The molecule has 122 valence electrons. The minimum Gasteiger partial charge on any atom is -0.481 e. The number of carbonyl (C=O) groups excluding carboxylic acids is 1. The minimum absolute atomic E-state index is 0.157. The fourth-order valence-corrected chi connectivity index (χ4v) is 2.73. The molecule has 1 aliphatic heterocycles. The van der Waals surface area contributed by atoms with Crippen LogP contribution >= 0.6 is 0 Å². The molecule has 22 heavy (non-hydrogen) atoms. The smallest absolute Gasteiger partial charge is 0.410 e. The first-order valence-electron chi connectivity index (χ1n) is 7.43. The summed E-state index contributed by atoms with van der Waals surface area (Å²) in [7, 11) is 0. The molecule has 1 fully saturated rings. The molecule has 7 heteroatoms. The van der Waals surface area contributed by atoms with E-state index in [-0.39, 0.29) is 12.5 Å². The van der Waals surface area contributed by atoms with Gasteiger partial charge in [0.25, 0.3) is 0 Å². The van der Waals surface area contributed by atoms with Crippen molar-refractivity contribution in [1.82, 2.24) is 14.5 Å². The van der Waals surface area contributed by atoms with Crippen LogP contribution < -0.4 is 0 Å². The first kappa shape index (κ1) is 16.3. The van der Waals surface area contributed by atoms with E-state index in [9.17, 15) is 14.7 Å². The summed E-state index contributed by atoms with van der Waals surface area (Å²) < 4.78 is 7.26. The third-order valence-electron chi connectivity index (χ3n) is 3.75. The van der Waals surface area contributed by atoms with Gasteiger partial charge in [-0.25, -0.2) is 9.78 Å². The fourth-order valence-electron chi connectivity index (χ4n) is 2.73. The number of carboxylic acid groups (broad SMARTS) is 1. The van der Waals surface area contributed by atoms with E-state index in [2.05, 4.69) is 4.98 Å². The molecule has 0 aliphatic carbocycles. The van der Waals surface area contributed by atoms with E-state index in [1.165, 1.54) is 4.90 Å². The molecular weight excluding hydrogens is 286 g/mol. The van der Waals surface area contributed by atoms with Crippen molar-refractivity contribution < 1.29 is 19.4 Å². The summed E-state index contributed by atoms with van der Waals surface area (Å²) in [5, 5.41) is 9.47. The van der Waals surface area contributed by atoms with E-state index >= 15 is 0 Å². The normalized spacial score (nSPS) is 21.9. The standard InChI is InChI=1S/C15H23N3O4/c1-5-17-9-16-6-12(17)10-7-18(8-11(10)13(19)20)14(21)22-15(2,3)4/h6,9-11H,5,7-8H2,1-4H3,(H,19,20). The number of rotatable bonds is 3. The van der Waals surface area contributed by atoms with Gasteiger partial charge in [-0.2, -0.15) is 0 Å². The number of hydrogen-bond acceptors (Lipinski definition) is 4. The average molecular weight is 309 g/mol. The summed E-state index contributed by atoms with van der Waals surface area (Å²) >= 11 is 0. The van der Waals surface area contributed by atoms with Crippen LogP contribution in [-0.2, 0) is 16.1 Å². The zero-order chi connectivity index (χ0) is 16.5. The van der Waals surface area contributed by atoms with Crippen molar-refractivity contribution in [3.63, 3.8) is 0 Å². The predicted molar refractivity (Wildman–Crippen MR) is 79.6 cm³/mol. The molecule has 0 spiro atoms. The number of aliphatic carboxylic acids is 1. The van der Waals surface area contributed by atoms with E-state index in [0.717, 1.165) is 5.69 Å². The van der Waals surface area contributed by atoms with Crippen LogP contribution in [0.1, 0.15) is 39.3 Å². The molecule has 7 nitrogen and oxygen atoms in total. The Balaban J connectivity index is 2.20. The number of aryl methyl sites for hydroxylation is 1. The second-order valence-corrected chi connectivity index (χ2v) is 6.54. The monoisotopic (exact) mass is 309 g/mol. The van der Waals surface area contributed by atoms with Crippen LogP contribution in [0.3, 0.4) is 0 Å². The maximum atomic E-state index is 12.2. The van der Waals surface area contributed by atoms with E-state index in [1.807, 2.05) is 11.5 Å². The van der Waals surface area contributed by atoms with Crippen LogP contribution in [-0.4, -0.2) is 50.3 Å². The Hall–Kier alpha value is -2.05. The molecule has 2 unspecified atom stereocenters. The Labute approximate surface area is 129 Å². The maximum absolute atomic E-state index is 12.2.